The van der Waals surface area contributed by atoms with Crippen molar-refractivity contribution in [2.24, 2.45) is 0 Å². The van der Waals surface area contributed by atoms with Gasteiger partial charge in [0.15, 0.2) is 11.5 Å². The van der Waals surface area contributed by atoms with E-state index in [1.807, 2.05) is 0 Å². The lowest BCUT2D eigenvalue weighted by atomic mass is 9.87. The van der Waals surface area contributed by atoms with Gasteiger partial charge in [0.05, 0.1) is 55.0 Å². The molecule has 2 amide bonds. The molecule has 0 radical (unpaired) electrons. The van der Waals surface area contributed by atoms with Gasteiger partial charge in [0.1, 0.15) is 0 Å². The van der Waals surface area contributed by atoms with Crippen molar-refractivity contribution in [2.45, 2.75) is 12.3 Å². The van der Waals surface area contributed by atoms with Crippen LogP contribution < -0.4 is 20.1 Å². The van der Waals surface area contributed by atoms with Crippen LogP contribution in [0.1, 0.15) is 28.3 Å². The highest BCUT2D eigenvalue weighted by Crippen LogP contribution is 2.39. The number of rotatable bonds is 8. The molecule has 1 unspecified atom stereocenters. The average molecular weight is 482 g/mol. The summed E-state index contributed by atoms with van der Waals surface area (Å²) in [5, 5.41) is 15.5. The van der Waals surface area contributed by atoms with Gasteiger partial charge in [0, 0.05) is 12.3 Å². The van der Waals surface area contributed by atoms with Gasteiger partial charge in [-0.05, 0) is 29.8 Å². The maximum atomic E-state index is 12.6. The van der Waals surface area contributed by atoms with E-state index in [9.17, 15) is 19.6 Å². The van der Waals surface area contributed by atoms with Crippen molar-refractivity contribution < 1.29 is 28.6 Å². The number of anilines is 1. The van der Waals surface area contributed by atoms with E-state index in [1.54, 1.807) is 42.5 Å². The highest BCUT2D eigenvalue weighted by atomic mass is 32.2. The molecule has 0 aromatic heterocycles. The minimum Gasteiger partial charge on any atom is -0.493 e. The minimum atomic E-state index is -0.574. The zero-order chi connectivity index (χ0) is 24.7. The number of hydrogen-bond donors (Lipinski definition) is 2. The maximum Gasteiger partial charge on any atom is 0.339 e. The second kappa shape index (κ2) is 11.2. The molecule has 9 nitrogen and oxygen atoms in total. The van der Waals surface area contributed by atoms with E-state index in [4.69, 9.17) is 14.2 Å². The van der Waals surface area contributed by atoms with Gasteiger partial charge < -0.3 is 24.8 Å². The van der Waals surface area contributed by atoms with E-state index in [0.29, 0.717) is 27.8 Å². The normalized spacial score (nSPS) is 15.1. The van der Waals surface area contributed by atoms with E-state index in [1.165, 1.54) is 21.3 Å². The molecule has 0 bridgehead atoms. The van der Waals surface area contributed by atoms with Crippen molar-refractivity contribution in [1.29, 1.82) is 5.26 Å². The largest absolute Gasteiger partial charge is 0.493 e. The number of carbonyl (C=O) groups excluding carboxylic acids is 3. The third kappa shape index (κ3) is 5.50. The topological polar surface area (TPSA) is 127 Å². The smallest absolute Gasteiger partial charge is 0.339 e. The number of allylic oxidation sites excluding steroid dienone is 1. The first-order valence-corrected chi connectivity index (χ1v) is 11.2. The third-order valence-electron chi connectivity index (χ3n) is 5.12. The first kappa shape index (κ1) is 24.7. The van der Waals surface area contributed by atoms with E-state index in [0.717, 1.165) is 17.3 Å². The number of carbonyl (C=O) groups is 3. The summed E-state index contributed by atoms with van der Waals surface area (Å²) in [6, 6.07) is 13.9. The van der Waals surface area contributed by atoms with Crippen molar-refractivity contribution >= 4 is 35.2 Å². The molecule has 2 aromatic rings. The molecule has 0 saturated carbocycles. The molecular formula is C24H23N3O6S. The van der Waals surface area contributed by atoms with Crippen LogP contribution in [0.4, 0.5) is 5.69 Å². The van der Waals surface area contributed by atoms with Crippen molar-refractivity contribution in [3.05, 3.63) is 64.2 Å². The van der Waals surface area contributed by atoms with Gasteiger partial charge in [-0.15, -0.1) is 0 Å². The van der Waals surface area contributed by atoms with E-state index in [2.05, 4.69) is 16.7 Å². The van der Waals surface area contributed by atoms with Gasteiger partial charge in [0.2, 0.25) is 11.8 Å². The molecule has 2 N–H and O–H groups in total. The lowest BCUT2D eigenvalue weighted by molar-refractivity contribution is -0.121. The Morgan fingerprint density at radius 1 is 1.15 bits per heavy atom. The summed E-state index contributed by atoms with van der Waals surface area (Å²) in [6.45, 7) is 0. The van der Waals surface area contributed by atoms with Crippen molar-refractivity contribution in [3.63, 3.8) is 0 Å². The van der Waals surface area contributed by atoms with Crippen LogP contribution in [0.15, 0.2) is 53.1 Å². The van der Waals surface area contributed by atoms with Crippen LogP contribution >= 0.6 is 11.8 Å². The zero-order valence-corrected chi connectivity index (χ0v) is 19.7. The van der Waals surface area contributed by atoms with Crippen LogP contribution in [0.3, 0.4) is 0 Å². The fraction of sp³-hybridized carbons (Fsp3) is 0.250. The third-order valence-corrected chi connectivity index (χ3v) is 6.14. The number of para-hydroxylation sites is 1. The second-order valence-corrected chi connectivity index (χ2v) is 8.13. The summed E-state index contributed by atoms with van der Waals surface area (Å²) in [5.74, 6) is -0.811. The van der Waals surface area contributed by atoms with Crippen LogP contribution in [0.25, 0.3) is 0 Å². The maximum absolute atomic E-state index is 12.6. The molecule has 0 aliphatic carbocycles. The first-order chi connectivity index (χ1) is 16.4. The van der Waals surface area contributed by atoms with Gasteiger partial charge in [-0.2, -0.15) is 5.26 Å². The van der Waals surface area contributed by atoms with E-state index in [-0.39, 0.29) is 23.6 Å². The Balaban J connectivity index is 1.80. The molecule has 1 aliphatic rings. The molecule has 34 heavy (non-hydrogen) atoms. The summed E-state index contributed by atoms with van der Waals surface area (Å²) in [4.78, 5) is 36.9. The SMILES string of the molecule is COC(=O)c1ccccc1NC(=O)CSC1=C(C#N)C(c2ccc(OC)c(OC)c2)CC(=O)N1. The summed E-state index contributed by atoms with van der Waals surface area (Å²) < 4.78 is 15.3. The Labute approximate surface area is 201 Å². The molecular weight excluding hydrogens is 458 g/mol. The molecule has 10 heteroatoms. The number of esters is 1. The monoisotopic (exact) mass is 481 g/mol. The Bertz CT molecular complexity index is 1190. The van der Waals surface area contributed by atoms with Crippen LogP contribution in [0, 0.1) is 11.3 Å². The Kier molecular flexibility index (Phi) is 8.16. The van der Waals surface area contributed by atoms with Crippen LogP contribution in [0.2, 0.25) is 0 Å². The fourth-order valence-corrected chi connectivity index (χ4v) is 4.37. The van der Waals surface area contributed by atoms with E-state index >= 15 is 0 Å². The lowest BCUT2D eigenvalue weighted by Gasteiger charge is -2.25. The molecule has 0 saturated heterocycles. The number of hydrogen-bond acceptors (Lipinski definition) is 8. The van der Waals surface area contributed by atoms with Gasteiger partial charge in [-0.3, -0.25) is 9.59 Å². The zero-order valence-electron chi connectivity index (χ0n) is 18.8. The molecule has 1 atom stereocenters. The molecule has 176 valence electrons. The van der Waals surface area contributed by atoms with Crippen LogP contribution in [0.5, 0.6) is 11.5 Å². The van der Waals surface area contributed by atoms with Gasteiger partial charge >= 0.3 is 5.97 Å². The van der Waals surface area contributed by atoms with Gasteiger partial charge in [0.25, 0.3) is 0 Å². The number of benzene rings is 2. The van der Waals surface area contributed by atoms with Crippen molar-refractivity contribution in [1.82, 2.24) is 5.32 Å². The predicted octanol–water partition coefficient (Wildman–Crippen LogP) is 3.20. The standard InChI is InChI=1S/C24H23N3O6S/c1-31-19-9-8-14(10-20(19)32-2)16-11-21(28)27-23(17(16)12-25)34-13-22(29)26-18-7-5-4-6-15(18)24(30)33-3/h4-10,16H,11,13H2,1-3H3,(H,26,29)(H,27,28). The van der Waals surface area contributed by atoms with Crippen LogP contribution in [-0.4, -0.2) is 44.9 Å². The summed E-state index contributed by atoms with van der Waals surface area (Å²) in [5.41, 5.74) is 1.60. The van der Waals surface area contributed by atoms with Crippen molar-refractivity contribution in [2.75, 3.05) is 32.4 Å². The quantitative estimate of drug-likeness (QED) is 0.551. The highest BCUT2D eigenvalue weighted by Gasteiger charge is 2.30. The Morgan fingerprint density at radius 2 is 1.88 bits per heavy atom. The number of nitrogens with one attached hydrogen (secondary N) is 2. The fourth-order valence-electron chi connectivity index (χ4n) is 3.49. The van der Waals surface area contributed by atoms with Gasteiger partial charge in [-0.1, -0.05) is 30.0 Å². The number of ether oxygens (including phenoxy) is 3. The first-order valence-electron chi connectivity index (χ1n) is 10.2. The molecule has 0 spiro atoms. The number of thioether (sulfide) groups is 1. The lowest BCUT2D eigenvalue weighted by Crippen LogP contribution is -2.31. The average Bonchev–Trinajstić information content (AvgIpc) is 2.86. The minimum absolute atomic E-state index is 0.0845. The number of nitrogens with zero attached hydrogens (tertiary/aromatic N) is 1. The molecule has 3 rings (SSSR count). The summed E-state index contributed by atoms with van der Waals surface area (Å²) in [6.07, 6.45) is 0.0845. The number of methoxy groups -OCH3 is 3. The summed E-state index contributed by atoms with van der Waals surface area (Å²) >= 11 is 1.04. The molecule has 2 aromatic carbocycles. The number of amides is 2. The highest BCUT2D eigenvalue weighted by molar-refractivity contribution is 8.03. The molecule has 0 fully saturated rings. The van der Waals surface area contributed by atoms with Gasteiger partial charge in [-0.25, -0.2) is 4.79 Å². The summed E-state index contributed by atoms with van der Waals surface area (Å²) in [7, 11) is 4.29. The number of nitriles is 1. The predicted molar refractivity (Wildman–Crippen MR) is 127 cm³/mol. The Morgan fingerprint density at radius 3 is 2.56 bits per heavy atom. The van der Waals surface area contributed by atoms with Crippen molar-refractivity contribution in [3.8, 4) is 17.6 Å². The molecule has 1 aliphatic heterocycles. The molecule has 1 heterocycles. The van der Waals surface area contributed by atoms with Crippen LogP contribution in [-0.2, 0) is 14.3 Å². The Hall–Kier alpha value is -3.97. The second-order valence-electron chi connectivity index (χ2n) is 7.15. The van der Waals surface area contributed by atoms with E-state index < -0.39 is 17.8 Å².